The Morgan fingerprint density at radius 2 is 1.96 bits per heavy atom. The van der Waals surface area contributed by atoms with Gasteiger partial charge in [-0.05, 0) is 25.0 Å². The van der Waals surface area contributed by atoms with Crippen molar-refractivity contribution in [3.8, 4) is 17.2 Å². The van der Waals surface area contributed by atoms with E-state index >= 15 is 0 Å². The first-order chi connectivity index (χ1) is 12.8. The second-order valence-corrected chi connectivity index (χ2v) is 7.36. The molecule has 0 saturated carbocycles. The molecule has 140 valence electrons. The fraction of sp³-hybridized carbons (Fsp3) is 0.632. The zero-order valence-electron chi connectivity index (χ0n) is 15.0. The SMILES string of the molecule is CN=C(NCCOc1ccc2c(c1)OCO2)N1CC2C3CCC(O3)C2C1. The quantitative estimate of drug-likeness (QED) is 0.499. The molecule has 0 aliphatic carbocycles. The summed E-state index contributed by atoms with van der Waals surface area (Å²) < 4.78 is 22.6. The van der Waals surface area contributed by atoms with Gasteiger partial charge >= 0.3 is 0 Å². The Kier molecular flexibility index (Phi) is 4.04. The topological polar surface area (TPSA) is 64.6 Å². The Morgan fingerprint density at radius 1 is 1.19 bits per heavy atom. The monoisotopic (exact) mass is 359 g/mol. The Hall–Kier alpha value is -2.15. The number of nitrogens with one attached hydrogen (secondary N) is 1. The van der Waals surface area contributed by atoms with Gasteiger partial charge < -0.3 is 29.2 Å². The summed E-state index contributed by atoms with van der Waals surface area (Å²) in [5.41, 5.74) is 0. The summed E-state index contributed by atoms with van der Waals surface area (Å²) in [6.07, 6.45) is 3.41. The molecule has 4 atom stereocenters. The second kappa shape index (κ2) is 6.54. The van der Waals surface area contributed by atoms with Crippen molar-refractivity contribution in [2.24, 2.45) is 16.8 Å². The van der Waals surface area contributed by atoms with E-state index in [1.165, 1.54) is 12.8 Å². The largest absolute Gasteiger partial charge is 0.492 e. The molecule has 26 heavy (non-hydrogen) atoms. The van der Waals surface area contributed by atoms with Crippen LogP contribution in [0.3, 0.4) is 0 Å². The van der Waals surface area contributed by atoms with Gasteiger partial charge in [0.1, 0.15) is 12.4 Å². The van der Waals surface area contributed by atoms with E-state index in [0.29, 0.717) is 37.2 Å². The summed E-state index contributed by atoms with van der Waals surface area (Å²) in [7, 11) is 1.85. The summed E-state index contributed by atoms with van der Waals surface area (Å²) in [5, 5.41) is 3.43. The van der Waals surface area contributed by atoms with Gasteiger partial charge in [-0.1, -0.05) is 0 Å². The van der Waals surface area contributed by atoms with E-state index in [0.717, 1.165) is 36.3 Å². The first-order valence-corrected chi connectivity index (χ1v) is 9.45. The normalized spacial score (nSPS) is 31.4. The molecule has 1 N–H and O–H groups in total. The molecule has 1 aromatic carbocycles. The summed E-state index contributed by atoms with van der Waals surface area (Å²) >= 11 is 0. The van der Waals surface area contributed by atoms with E-state index in [9.17, 15) is 0 Å². The van der Waals surface area contributed by atoms with Crippen molar-refractivity contribution in [1.29, 1.82) is 0 Å². The fourth-order valence-corrected chi connectivity index (χ4v) is 4.76. The smallest absolute Gasteiger partial charge is 0.231 e. The Morgan fingerprint density at radius 3 is 2.73 bits per heavy atom. The van der Waals surface area contributed by atoms with E-state index in [-0.39, 0.29) is 6.79 Å². The van der Waals surface area contributed by atoms with Crippen LogP contribution >= 0.6 is 0 Å². The minimum atomic E-state index is 0.279. The second-order valence-electron chi connectivity index (χ2n) is 7.36. The first-order valence-electron chi connectivity index (χ1n) is 9.45. The molecule has 7 nitrogen and oxygen atoms in total. The van der Waals surface area contributed by atoms with Crippen molar-refractivity contribution < 1.29 is 18.9 Å². The van der Waals surface area contributed by atoms with Crippen LogP contribution in [0.2, 0.25) is 0 Å². The zero-order valence-corrected chi connectivity index (χ0v) is 15.0. The molecule has 3 fully saturated rings. The molecule has 4 aliphatic heterocycles. The summed E-state index contributed by atoms with van der Waals surface area (Å²) in [4.78, 5) is 6.84. The lowest BCUT2D eigenvalue weighted by Gasteiger charge is -2.23. The Labute approximate surface area is 153 Å². The van der Waals surface area contributed by atoms with Gasteiger partial charge in [-0.25, -0.2) is 0 Å². The average molecular weight is 359 g/mol. The molecule has 4 heterocycles. The molecule has 0 aromatic heterocycles. The van der Waals surface area contributed by atoms with Gasteiger partial charge in [0.2, 0.25) is 6.79 Å². The van der Waals surface area contributed by atoms with Crippen LogP contribution in [0.5, 0.6) is 17.2 Å². The lowest BCUT2D eigenvalue weighted by molar-refractivity contribution is 0.0767. The van der Waals surface area contributed by atoms with Crippen LogP contribution in [0, 0.1) is 11.8 Å². The number of likely N-dealkylation sites (tertiary alicyclic amines) is 1. The van der Waals surface area contributed by atoms with Crippen molar-refractivity contribution >= 4 is 5.96 Å². The fourth-order valence-electron chi connectivity index (χ4n) is 4.76. The average Bonchev–Trinajstić information content (AvgIpc) is 3.41. The van der Waals surface area contributed by atoms with Crippen LogP contribution in [0.4, 0.5) is 0 Å². The molecule has 0 amide bonds. The molecule has 2 bridgehead atoms. The molecule has 0 radical (unpaired) electrons. The molecule has 4 unspecified atom stereocenters. The minimum absolute atomic E-state index is 0.279. The van der Waals surface area contributed by atoms with Crippen molar-refractivity contribution in [3.05, 3.63) is 18.2 Å². The third-order valence-corrected chi connectivity index (χ3v) is 5.96. The third kappa shape index (κ3) is 2.74. The number of fused-ring (bicyclic) bond motifs is 6. The maximum absolute atomic E-state index is 6.05. The van der Waals surface area contributed by atoms with Crippen molar-refractivity contribution in [2.75, 3.05) is 40.1 Å². The lowest BCUT2D eigenvalue weighted by atomic mass is 9.82. The number of benzene rings is 1. The first kappa shape index (κ1) is 16.1. The lowest BCUT2D eigenvalue weighted by Crippen LogP contribution is -2.42. The van der Waals surface area contributed by atoms with Gasteiger partial charge in [-0.2, -0.15) is 0 Å². The predicted octanol–water partition coefficient (Wildman–Crippen LogP) is 1.48. The van der Waals surface area contributed by atoms with Crippen LogP contribution in [-0.2, 0) is 4.74 Å². The van der Waals surface area contributed by atoms with Crippen LogP contribution in [0.15, 0.2) is 23.2 Å². The Bertz CT molecular complexity index is 692. The van der Waals surface area contributed by atoms with Gasteiger partial charge in [0.05, 0.1) is 18.8 Å². The molecular weight excluding hydrogens is 334 g/mol. The summed E-state index contributed by atoms with van der Waals surface area (Å²) in [6, 6.07) is 5.65. The molecule has 7 heteroatoms. The van der Waals surface area contributed by atoms with Gasteiger partial charge in [0, 0.05) is 38.0 Å². The van der Waals surface area contributed by atoms with Gasteiger partial charge in [-0.3, -0.25) is 4.99 Å². The van der Waals surface area contributed by atoms with Crippen LogP contribution < -0.4 is 19.5 Å². The summed E-state index contributed by atoms with van der Waals surface area (Å²) in [6.45, 7) is 3.65. The molecule has 4 aliphatic rings. The maximum atomic E-state index is 6.05. The molecule has 1 aromatic rings. The number of aliphatic imine (C=N–C) groups is 1. The highest BCUT2D eigenvalue weighted by atomic mass is 16.7. The molecule has 5 rings (SSSR count). The van der Waals surface area contributed by atoms with Crippen LogP contribution in [0.1, 0.15) is 12.8 Å². The van der Waals surface area contributed by atoms with Crippen LogP contribution in [0.25, 0.3) is 0 Å². The number of ether oxygens (including phenoxy) is 4. The molecule has 3 saturated heterocycles. The van der Waals surface area contributed by atoms with E-state index in [1.807, 2.05) is 25.2 Å². The number of rotatable bonds is 4. The number of hydrogen-bond acceptors (Lipinski definition) is 5. The van der Waals surface area contributed by atoms with E-state index in [2.05, 4.69) is 15.2 Å². The molecule has 0 spiro atoms. The van der Waals surface area contributed by atoms with Crippen molar-refractivity contribution in [3.63, 3.8) is 0 Å². The zero-order chi connectivity index (χ0) is 17.5. The van der Waals surface area contributed by atoms with Crippen molar-refractivity contribution in [2.45, 2.75) is 25.0 Å². The number of hydrogen-bond donors (Lipinski definition) is 1. The van der Waals surface area contributed by atoms with E-state index < -0.39 is 0 Å². The van der Waals surface area contributed by atoms with Gasteiger partial charge in [0.25, 0.3) is 0 Å². The van der Waals surface area contributed by atoms with E-state index in [1.54, 1.807) is 0 Å². The van der Waals surface area contributed by atoms with Gasteiger partial charge in [-0.15, -0.1) is 0 Å². The number of guanidine groups is 1. The standard InChI is InChI=1S/C19H25N3O4/c1-20-19(22-9-13-14(10-22)16-5-4-15(13)26-16)21-6-7-23-12-2-3-17-18(8-12)25-11-24-17/h2-3,8,13-16H,4-7,9-11H2,1H3,(H,20,21). The highest BCUT2D eigenvalue weighted by Crippen LogP contribution is 2.47. The number of nitrogens with zero attached hydrogens (tertiary/aromatic N) is 2. The maximum Gasteiger partial charge on any atom is 0.231 e. The summed E-state index contributed by atoms with van der Waals surface area (Å²) in [5.74, 6) is 4.62. The van der Waals surface area contributed by atoms with E-state index in [4.69, 9.17) is 18.9 Å². The predicted molar refractivity (Wildman–Crippen MR) is 95.9 cm³/mol. The highest BCUT2D eigenvalue weighted by Gasteiger charge is 2.53. The van der Waals surface area contributed by atoms with Crippen molar-refractivity contribution in [1.82, 2.24) is 10.2 Å². The Balaban J connectivity index is 1.11. The highest BCUT2D eigenvalue weighted by molar-refractivity contribution is 5.80. The van der Waals surface area contributed by atoms with Gasteiger partial charge in [0.15, 0.2) is 17.5 Å². The minimum Gasteiger partial charge on any atom is -0.492 e. The third-order valence-electron chi connectivity index (χ3n) is 5.96. The molecular formula is C19H25N3O4. The van der Waals surface area contributed by atoms with Crippen LogP contribution in [-0.4, -0.2) is 63.1 Å².